The van der Waals surface area contributed by atoms with Gasteiger partial charge in [0.2, 0.25) is 11.9 Å². The topological polar surface area (TPSA) is 105 Å². The molecular formula is C20H30N6O3S. The summed E-state index contributed by atoms with van der Waals surface area (Å²) in [7, 11) is 0. The standard InChI is InChI=1S/C20H30N6O3S/c1-14-7-5-9-25(11-14)18-23-24-19(26(18)12-15-8-6-10-29-15)30-13-16(27)21-17(28)22-20(2,3)4/h6,8,10,14H,5,7,9,11-13H2,1-4H3,(H2,21,22,27,28). The molecule has 0 spiro atoms. The van der Waals surface area contributed by atoms with Crippen molar-refractivity contribution in [1.82, 2.24) is 25.4 Å². The lowest BCUT2D eigenvalue weighted by atomic mass is 10.0. The van der Waals surface area contributed by atoms with Crippen molar-refractivity contribution in [2.24, 2.45) is 5.92 Å². The van der Waals surface area contributed by atoms with Crippen molar-refractivity contribution in [3.8, 4) is 0 Å². The molecule has 1 unspecified atom stereocenters. The summed E-state index contributed by atoms with van der Waals surface area (Å²) in [5, 5.41) is 14.4. The number of furan rings is 1. The fourth-order valence-corrected chi connectivity index (χ4v) is 4.09. The summed E-state index contributed by atoms with van der Waals surface area (Å²) in [5.41, 5.74) is -0.415. The number of nitrogens with one attached hydrogen (secondary N) is 2. The van der Waals surface area contributed by atoms with Crippen molar-refractivity contribution in [2.75, 3.05) is 23.7 Å². The van der Waals surface area contributed by atoms with Crippen LogP contribution >= 0.6 is 11.8 Å². The van der Waals surface area contributed by atoms with Gasteiger partial charge in [0, 0.05) is 18.6 Å². The molecule has 1 aliphatic heterocycles. The summed E-state index contributed by atoms with van der Waals surface area (Å²) in [4.78, 5) is 26.4. The molecule has 9 nitrogen and oxygen atoms in total. The maximum Gasteiger partial charge on any atom is 0.321 e. The number of carbonyl (C=O) groups is 2. The molecule has 164 valence electrons. The van der Waals surface area contributed by atoms with E-state index in [2.05, 4.69) is 32.7 Å². The molecule has 0 saturated carbocycles. The summed E-state index contributed by atoms with van der Waals surface area (Å²) in [6.45, 7) is 10.1. The van der Waals surface area contributed by atoms with E-state index in [1.54, 1.807) is 6.26 Å². The van der Waals surface area contributed by atoms with Crippen LogP contribution in [0.1, 0.15) is 46.3 Å². The van der Waals surface area contributed by atoms with Crippen LogP contribution in [0.4, 0.5) is 10.7 Å². The van der Waals surface area contributed by atoms with Crippen LogP contribution in [0.25, 0.3) is 0 Å². The van der Waals surface area contributed by atoms with Crippen LogP contribution in [-0.4, -0.2) is 51.1 Å². The van der Waals surface area contributed by atoms with Gasteiger partial charge in [0.05, 0.1) is 18.6 Å². The van der Waals surface area contributed by atoms with E-state index in [1.807, 2.05) is 37.5 Å². The number of thioether (sulfide) groups is 1. The number of carbonyl (C=O) groups excluding carboxylic acids is 2. The minimum atomic E-state index is -0.506. The van der Waals surface area contributed by atoms with Crippen LogP contribution in [0.3, 0.4) is 0 Å². The summed E-state index contributed by atoms with van der Waals surface area (Å²) in [6, 6.07) is 3.24. The van der Waals surface area contributed by atoms with Gasteiger partial charge >= 0.3 is 6.03 Å². The number of imide groups is 1. The summed E-state index contributed by atoms with van der Waals surface area (Å²) in [6.07, 6.45) is 3.96. The van der Waals surface area contributed by atoms with Gasteiger partial charge in [0.25, 0.3) is 0 Å². The fraction of sp³-hybridized carbons (Fsp3) is 0.600. The minimum Gasteiger partial charge on any atom is -0.467 e. The Morgan fingerprint density at radius 2 is 2.13 bits per heavy atom. The molecule has 2 N–H and O–H groups in total. The molecule has 3 rings (SSSR count). The average molecular weight is 435 g/mol. The highest BCUT2D eigenvalue weighted by molar-refractivity contribution is 7.99. The monoisotopic (exact) mass is 434 g/mol. The first kappa shape index (κ1) is 22.2. The van der Waals surface area contributed by atoms with Crippen molar-refractivity contribution in [1.29, 1.82) is 0 Å². The van der Waals surface area contributed by atoms with Crippen LogP contribution in [0.5, 0.6) is 0 Å². The van der Waals surface area contributed by atoms with Gasteiger partial charge in [-0.2, -0.15) is 0 Å². The molecule has 1 saturated heterocycles. The highest BCUT2D eigenvalue weighted by atomic mass is 32.2. The molecular weight excluding hydrogens is 404 g/mol. The second-order valence-corrected chi connectivity index (χ2v) is 9.62. The minimum absolute atomic E-state index is 0.0598. The Hall–Kier alpha value is -2.49. The predicted molar refractivity (Wildman–Crippen MR) is 116 cm³/mol. The number of anilines is 1. The molecule has 3 heterocycles. The number of piperidine rings is 1. The quantitative estimate of drug-likeness (QED) is 0.674. The molecule has 30 heavy (non-hydrogen) atoms. The Morgan fingerprint density at radius 3 is 2.80 bits per heavy atom. The number of aromatic nitrogens is 3. The third-order valence-corrected chi connectivity index (χ3v) is 5.57. The van der Waals surface area contributed by atoms with E-state index in [9.17, 15) is 9.59 Å². The van der Waals surface area contributed by atoms with E-state index >= 15 is 0 Å². The number of hydrogen-bond donors (Lipinski definition) is 2. The maximum atomic E-state index is 12.2. The van der Waals surface area contributed by atoms with E-state index in [4.69, 9.17) is 4.42 Å². The number of nitrogens with zero attached hydrogens (tertiary/aromatic N) is 4. The molecule has 0 radical (unpaired) electrons. The van der Waals surface area contributed by atoms with Gasteiger partial charge in [0.1, 0.15) is 5.76 Å². The van der Waals surface area contributed by atoms with E-state index in [-0.39, 0.29) is 11.7 Å². The zero-order valence-corrected chi connectivity index (χ0v) is 18.8. The molecule has 10 heteroatoms. The second kappa shape index (κ2) is 9.55. The zero-order chi connectivity index (χ0) is 21.7. The first-order valence-corrected chi connectivity index (χ1v) is 11.1. The van der Waals surface area contributed by atoms with Gasteiger partial charge in [-0.3, -0.25) is 14.7 Å². The lowest BCUT2D eigenvalue weighted by Crippen LogP contribution is -2.48. The van der Waals surface area contributed by atoms with Crippen LogP contribution in [0.15, 0.2) is 28.0 Å². The van der Waals surface area contributed by atoms with Gasteiger partial charge in [-0.25, -0.2) is 4.79 Å². The fourth-order valence-electron chi connectivity index (χ4n) is 3.35. The number of urea groups is 1. The molecule has 1 atom stereocenters. The summed E-state index contributed by atoms with van der Waals surface area (Å²) >= 11 is 1.25. The molecule has 0 bridgehead atoms. The third kappa shape index (κ3) is 6.25. The van der Waals surface area contributed by atoms with E-state index in [1.165, 1.54) is 18.2 Å². The molecule has 2 aromatic rings. The van der Waals surface area contributed by atoms with Crippen LogP contribution < -0.4 is 15.5 Å². The Bertz CT molecular complexity index is 859. The molecule has 2 aromatic heterocycles. The Balaban J connectivity index is 1.69. The zero-order valence-electron chi connectivity index (χ0n) is 18.0. The van der Waals surface area contributed by atoms with Gasteiger partial charge < -0.3 is 14.6 Å². The van der Waals surface area contributed by atoms with E-state index in [0.29, 0.717) is 17.6 Å². The highest BCUT2D eigenvalue weighted by Crippen LogP contribution is 2.27. The lowest BCUT2D eigenvalue weighted by Gasteiger charge is -2.31. The number of hydrogen-bond acceptors (Lipinski definition) is 7. The number of amides is 3. The Kier molecular flexibility index (Phi) is 7.06. The first-order valence-electron chi connectivity index (χ1n) is 10.2. The van der Waals surface area contributed by atoms with Crippen molar-refractivity contribution in [2.45, 2.75) is 57.8 Å². The molecule has 3 amide bonds. The van der Waals surface area contributed by atoms with Crippen molar-refractivity contribution >= 4 is 29.6 Å². The molecule has 0 aromatic carbocycles. The summed E-state index contributed by atoms with van der Waals surface area (Å²) < 4.78 is 7.49. The summed E-state index contributed by atoms with van der Waals surface area (Å²) in [5.74, 6) is 1.84. The van der Waals surface area contributed by atoms with Crippen LogP contribution in [0.2, 0.25) is 0 Å². The average Bonchev–Trinajstić information content (AvgIpc) is 3.29. The van der Waals surface area contributed by atoms with Gasteiger partial charge in [-0.05, 0) is 51.7 Å². The normalized spacial score (nSPS) is 17.1. The first-order chi connectivity index (χ1) is 14.2. The van der Waals surface area contributed by atoms with Crippen LogP contribution in [-0.2, 0) is 11.3 Å². The third-order valence-electron chi connectivity index (χ3n) is 4.61. The van der Waals surface area contributed by atoms with Gasteiger partial charge in [-0.15, -0.1) is 10.2 Å². The maximum absolute atomic E-state index is 12.2. The van der Waals surface area contributed by atoms with Crippen molar-refractivity contribution < 1.29 is 14.0 Å². The molecule has 0 aliphatic carbocycles. The highest BCUT2D eigenvalue weighted by Gasteiger charge is 2.24. The molecule has 1 aliphatic rings. The smallest absolute Gasteiger partial charge is 0.321 e. The Morgan fingerprint density at radius 1 is 1.33 bits per heavy atom. The number of rotatable bonds is 6. The largest absolute Gasteiger partial charge is 0.467 e. The Labute approximate surface area is 181 Å². The van der Waals surface area contributed by atoms with E-state index < -0.39 is 11.6 Å². The van der Waals surface area contributed by atoms with E-state index in [0.717, 1.165) is 31.2 Å². The van der Waals surface area contributed by atoms with Crippen molar-refractivity contribution in [3.05, 3.63) is 24.2 Å². The molecule has 1 fully saturated rings. The SMILES string of the molecule is CC1CCCN(c2nnc(SCC(=O)NC(=O)NC(C)(C)C)n2Cc2ccco2)C1. The predicted octanol–water partition coefficient (Wildman–Crippen LogP) is 2.87. The second-order valence-electron chi connectivity index (χ2n) is 8.68. The van der Waals surface area contributed by atoms with Crippen molar-refractivity contribution in [3.63, 3.8) is 0 Å². The van der Waals surface area contributed by atoms with Gasteiger partial charge in [-0.1, -0.05) is 18.7 Å². The van der Waals surface area contributed by atoms with Gasteiger partial charge in [0.15, 0.2) is 5.16 Å². The van der Waals surface area contributed by atoms with Crippen LogP contribution in [0, 0.1) is 5.92 Å². The lowest BCUT2D eigenvalue weighted by molar-refractivity contribution is -0.117.